The van der Waals surface area contributed by atoms with Crippen molar-refractivity contribution in [3.05, 3.63) is 63.4 Å². The van der Waals surface area contributed by atoms with Crippen LogP contribution >= 0.6 is 27.5 Å². The van der Waals surface area contributed by atoms with Gasteiger partial charge in [-0.05, 0) is 34.1 Å². The summed E-state index contributed by atoms with van der Waals surface area (Å²) in [6.45, 7) is 0.262. The number of aromatic nitrogens is 1. The van der Waals surface area contributed by atoms with Crippen molar-refractivity contribution in [2.75, 3.05) is 0 Å². The van der Waals surface area contributed by atoms with E-state index in [0.717, 1.165) is 16.1 Å². The number of hydrogen-bond acceptors (Lipinski definition) is 3. The second-order valence-electron chi connectivity index (χ2n) is 4.09. The van der Waals surface area contributed by atoms with Crippen molar-refractivity contribution in [1.82, 2.24) is 4.98 Å². The summed E-state index contributed by atoms with van der Waals surface area (Å²) in [5.74, 6) is -0.457. The van der Waals surface area contributed by atoms with Gasteiger partial charge in [-0.1, -0.05) is 23.7 Å². The predicted molar refractivity (Wildman–Crippen MR) is 84.4 cm³/mol. The zero-order chi connectivity index (χ0) is 15.2. The van der Waals surface area contributed by atoms with E-state index in [9.17, 15) is 4.79 Å². The molecule has 0 aliphatic heterocycles. The van der Waals surface area contributed by atoms with Crippen LogP contribution in [0.15, 0.2) is 47.2 Å². The minimum absolute atomic E-state index is 0.262. The van der Waals surface area contributed by atoms with Gasteiger partial charge in [0.15, 0.2) is 0 Å². The molecular formula is C15H11BrClNO3. The van der Waals surface area contributed by atoms with Gasteiger partial charge in [-0.15, -0.1) is 0 Å². The fraction of sp³-hybridized carbons (Fsp3) is 0.0667. The third-order valence-corrected chi connectivity index (χ3v) is 3.60. The van der Waals surface area contributed by atoms with Gasteiger partial charge >= 0.3 is 5.97 Å². The first-order chi connectivity index (χ1) is 10.1. The van der Waals surface area contributed by atoms with Crippen LogP contribution in [0.3, 0.4) is 0 Å². The third-order valence-electron chi connectivity index (χ3n) is 2.63. The molecule has 108 valence electrons. The summed E-state index contributed by atoms with van der Waals surface area (Å²) in [7, 11) is 0. The highest BCUT2D eigenvalue weighted by molar-refractivity contribution is 9.10. The van der Waals surface area contributed by atoms with Crippen molar-refractivity contribution in [3.8, 4) is 5.75 Å². The molecule has 0 amide bonds. The predicted octanol–water partition coefficient (Wildman–Crippen LogP) is 4.17. The maximum atomic E-state index is 10.6. The number of nitrogens with zero attached hydrogens (tertiary/aromatic N) is 1. The highest BCUT2D eigenvalue weighted by Crippen LogP contribution is 2.31. The summed E-state index contributed by atoms with van der Waals surface area (Å²) in [5.41, 5.74) is 1.47. The standard InChI is InChI=1S/C15H11BrClNO3/c16-12-3-1-2-10(4-5-14(19)20)15(12)21-9-11-6-7-18-8-13(11)17/h1-8H,9H2,(H,19,20). The van der Waals surface area contributed by atoms with Crippen molar-refractivity contribution in [1.29, 1.82) is 0 Å². The normalized spacial score (nSPS) is 10.8. The number of rotatable bonds is 5. The Kier molecular flexibility index (Phi) is 5.36. The maximum Gasteiger partial charge on any atom is 0.328 e. The Labute approximate surface area is 135 Å². The molecule has 2 aromatic rings. The number of aliphatic carboxylic acids is 1. The van der Waals surface area contributed by atoms with Gasteiger partial charge in [-0.25, -0.2) is 4.79 Å². The first-order valence-corrected chi connectivity index (χ1v) is 7.15. The van der Waals surface area contributed by atoms with Gasteiger partial charge in [0.1, 0.15) is 12.4 Å². The number of hydrogen-bond donors (Lipinski definition) is 1. The Balaban J connectivity index is 2.23. The molecule has 1 N–H and O–H groups in total. The van der Waals surface area contributed by atoms with E-state index >= 15 is 0 Å². The molecule has 6 heteroatoms. The highest BCUT2D eigenvalue weighted by atomic mass is 79.9. The number of para-hydroxylation sites is 1. The van der Waals surface area contributed by atoms with Gasteiger partial charge in [0.25, 0.3) is 0 Å². The molecule has 4 nitrogen and oxygen atoms in total. The molecule has 1 heterocycles. The smallest absolute Gasteiger partial charge is 0.328 e. The molecule has 1 aromatic carbocycles. The molecule has 0 aliphatic carbocycles. The molecule has 2 rings (SSSR count). The maximum absolute atomic E-state index is 10.6. The lowest BCUT2D eigenvalue weighted by atomic mass is 10.2. The number of carboxylic acid groups (broad SMARTS) is 1. The molecule has 0 aliphatic rings. The molecule has 0 spiro atoms. The molecule has 0 fully saturated rings. The largest absolute Gasteiger partial charge is 0.487 e. The van der Waals surface area contributed by atoms with Crippen LogP contribution in [0.5, 0.6) is 5.75 Å². The van der Waals surface area contributed by atoms with Crippen molar-refractivity contribution in [3.63, 3.8) is 0 Å². The lowest BCUT2D eigenvalue weighted by Gasteiger charge is -2.12. The zero-order valence-corrected chi connectivity index (χ0v) is 13.1. The lowest BCUT2D eigenvalue weighted by Crippen LogP contribution is -1.99. The van der Waals surface area contributed by atoms with E-state index < -0.39 is 5.97 Å². The summed E-state index contributed by atoms with van der Waals surface area (Å²) >= 11 is 9.42. The van der Waals surface area contributed by atoms with Gasteiger partial charge in [0.05, 0.1) is 9.50 Å². The number of halogens is 2. The second-order valence-corrected chi connectivity index (χ2v) is 5.35. The summed E-state index contributed by atoms with van der Waals surface area (Å²) < 4.78 is 6.50. The average Bonchev–Trinajstić information content (AvgIpc) is 2.45. The average molecular weight is 369 g/mol. The lowest BCUT2D eigenvalue weighted by molar-refractivity contribution is -0.131. The van der Waals surface area contributed by atoms with Crippen LogP contribution in [0.25, 0.3) is 6.08 Å². The van der Waals surface area contributed by atoms with Crippen molar-refractivity contribution >= 4 is 39.6 Å². The molecule has 0 saturated heterocycles. The first kappa shape index (κ1) is 15.5. The molecule has 0 radical (unpaired) electrons. The number of carboxylic acids is 1. The molecular weight excluding hydrogens is 358 g/mol. The van der Waals surface area contributed by atoms with Gasteiger partial charge in [-0.3, -0.25) is 4.98 Å². The molecule has 21 heavy (non-hydrogen) atoms. The second kappa shape index (κ2) is 7.24. The van der Waals surface area contributed by atoms with Crippen LogP contribution in [-0.4, -0.2) is 16.1 Å². The molecule has 0 saturated carbocycles. The van der Waals surface area contributed by atoms with E-state index in [4.69, 9.17) is 21.4 Å². The van der Waals surface area contributed by atoms with Crippen LogP contribution in [0.4, 0.5) is 0 Å². The van der Waals surface area contributed by atoms with E-state index in [1.807, 2.05) is 6.07 Å². The fourth-order valence-corrected chi connectivity index (χ4v) is 2.31. The van der Waals surface area contributed by atoms with Crippen LogP contribution in [0.2, 0.25) is 5.02 Å². The van der Waals surface area contributed by atoms with E-state index in [2.05, 4.69) is 20.9 Å². The van der Waals surface area contributed by atoms with E-state index in [-0.39, 0.29) is 6.61 Å². The van der Waals surface area contributed by atoms with Crippen molar-refractivity contribution in [2.24, 2.45) is 0 Å². The van der Waals surface area contributed by atoms with Crippen LogP contribution in [0, 0.1) is 0 Å². The van der Waals surface area contributed by atoms with Crippen molar-refractivity contribution in [2.45, 2.75) is 6.61 Å². The Morgan fingerprint density at radius 1 is 1.43 bits per heavy atom. The summed E-state index contributed by atoms with van der Waals surface area (Å²) in [6.07, 6.45) is 5.73. The van der Waals surface area contributed by atoms with Gasteiger partial charge < -0.3 is 9.84 Å². The molecule has 0 atom stereocenters. The number of pyridine rings is 1. The number of ether oxygens (including phenoxy) is 1. The Hall–Kier alpha value is -1.85. The van der Waals surface area contributed by atoms with Gasteiger partial charge in [0.2, 0.25) is 0 Å². The summed E-state index contributed by atoms with van der Waals surface area (Å²) in [5, 5.41) is 9.24. The van der Waals surface area contributed by atoms with Crippen LogP contribution < -0.4 is 4.74 Å². The molecule has 0 bridgehead atoms. The topological polar surface area (TPSA) is 59.4 Å². The van der Waals surface area contributed by atoms with E-state index in [1.165, 1.54) is 6.08 Å². The van der Waals surface area contributed by atoms with Crippen LogP contribution in [-0.2, 0) is 11.4 Å². The first-order valence-electron chi connectivity index (χ1n) is 5.98. The minimum Gasteiger partial charge on any atom is -0.487 e. The third kappa shape index (κ3) is 4.31. The minimum atomic E-state index is -1.02. The Bertz CT molecular complexity index is 688. The zero-order valence-electron chi connectivity index (χ0n) is 10.8. The Morgan fingerprint density at radius 2 is 2.24 bits per heavy atom. The van der Waals surface area contributed by atoms with E-state index in [1.54, 1.807) is 30.6 Å². The monoisotopic (exact) mass is 367 g/mol. The SMILES string of the molecule is O=C(O)C=Cc1cccc(Br)c1OCc1ccncc1Cl. The van der Waals surface area contributed by atoms with E-state index in [0.29, 0.717) is 16.3 Å². The molecule has 0 unspecified atom stereocenters. The summed E-state index contributed by atoms with van der Waals surface area (Å²) in [4.78, 5) is 14.5. The fourth-order valence-electron chi connectivity index (χ4n) is 1.64. The quantitative estimate of drug-likeness (QED) is 0.805. The van der Waals surface area contributed by atoms with Crippen molar-refractivity contribution < 1.29 is 14.6 Å². The number of carbonyl (C=O) groups is 1. The Morgan fingerprint density at radius 3 is 2.95 bits per heavy atom. The number of benzene rings is 1. The molecule has 1 aromatic heterocycles. The van der Waals surface area contributed by atoms with Gasteiger partial charge in [0, 0.05) is 29.6 Å². The van der Waals surface area contributed by atoms with Crippen LogP contribution in [0.1, 0.15) is 11.1 Å². The summed E-state index contributed by atoms with van der Waals surface area (Å²) in [6, 6.07) is 7.17. The van der Waals surface area contributed by atoms with Gasteiger partial charge in [-0.2, -0.15) is 0 Å². The highest BCUT2D eigenvalue weighted by Gasteiger charge is 2.08.